The van der Waals surface area contributed by atoms with Gasteiger partial charge in [-0.2, -0.15) is 0 Å². The number of likely N-dealkylation sites (tertiary alicyclic amines) is 1. The van der Waals surface area contributed by atoms with Crippen molar-refractivity contribution in [2.24, 2.45) is 0 Å². The Balaban J connectivity index is 1.58. The van der Waals surface area contributed by atoms with E-state index in [-0.39, 0.29) is 11.9 Å². The standard InChI is InChI=1S/C22H25N5O3/c1-15-18(19-20(24-14-25-21(19)30-15)26-9-11-29-12-10-26)22(28)27-8-3-2-6-17(27)16-5-4-7-23-13-16/h4-5,7,13-14,17H,2-3,6,8-12H2,1H3. The van der Waals surface area contributed by atoms with E-state index < -0.39 is 0 Å². The lowest BCUT2D eigenvalue weighted by Crippen LogP contribution is -2.39. The lowest BCUT2D eigenvalue weighted by Gasteiger charge is -2.36. The molecule has 3 aromatic rings. The molecule has 0 aromatic carbocycles. The summed E-state index contributed by atoms with van der Waals surface area (Å²) in [6, 6.07) is 3.99. The number of hydrogen-bond acceptors (Lipinski definition) is 7. The van der Waals surface area contributed by atoms with Crippen LogP contribution < -0.4 is 4.90 Å². The minimum absolute atomic E-state index is 0.0146. The summed E-state index contributed by atoms with van der Waals surface area (Å²) < 4.78 is 11.4. The highest BCUT2D eigenvalue weighted by atomic mass is 16.5. The zero-order chi connectivity index (χ0) is 20.5. The molecule has 0 bridgehead atoms. The summed E-state index contributed by atoms with van der Waals surface area (Å²) in [5.41, 5.74) is 2.10. The fraction of sp³-hybridized carbons (Fsp3) is 0.455. The van der Waals surface area contributed by atoms with Gasteiger partial charge < -0.3 is 19.0 Å². The van der Waals surface area contributed by atoms with E-state index in [2.05, 4.69) is 19.9 Å². The number of fused-ring (bicyclic) bond motifs is 1. The third kappa shape index (κ3) is 3.31. The Morgan fingerprint density at radius 1 is 1.17 bits per heavy atom. The van der Waals surface area contributed by atoms with Crippen LogP contribution >= 0.6 is 0 Å². The van der Waals surface area contributed by atoms with Crippen molar-refractivity contribution in [2.75, 3.05) is 37.7 Å². The molecule has 8 heteroatoms. The van der Waals surface area contributed by atoms with Crippen LogP contribution in [0, 0.1) is 6.92 Å². The lowest BCUT2D eigenvalue weighted by molar-refractivity contribution is 0.0611. The normalized spacial score (nSPS) is 20.0. The number of aromatic nitrogens is 3. The SMILES string of the molecule is Cc1oc2ncnc(N3CCOCC3)c2c1C(=O)N1CCCCC1c1cccnc1. The molecule has 0 radical (unpaired) electrons. The molecule has 2 fully saturated rings. The van der Waals surface area contributed by atoms with E-state index in [1.54, 1.807) is 6.20 Å². The summed E-state index contributed by atoms with van der Waals surface area (Å²) in [6.45, 7) is 5.28. The number of rotatable bonds is 3. The molecular formula is C22H25N5O3. The highest BCUT2D eigenvalue weighted by Gasteiger charge is 2.34. The van der Waals surface area contributed by atoms with Crippen molar-refractivity contribution in [3.8, 4) is 0 Å². The largest absolute Gasteiger partial charge is 0.442 e. The molecule has 2 aliphatic rings. The molecule has 1 amide bonds. The molecule has 1 atom stereocenters. The van der Waals surface area contributed by atoms with Crippen LogP contribution in [0.2, 0.25) is 0 Å². The van der Waals surface area contributed by atoms with Crippen LogP contribution in [0.25, 0.3) is 11.1 Å². The van der Waals surface area contributed by atoms with E-state index in [1.165, 1.54) is 6.33 Å². The zero-order valence-electron chi connectivity index (χ0n) is 17.1. The number of piperidine rings is 1. The van der Waals surface area contributed by atoms with Crippen molar-refractivity contribution < 1.29 is 13.9 Å². The number of anilines is 1. The van der Waals surface area contributed by atoms with Crippen molar-refractivity contribution in [1.82, 2.24) is 19.9 Å². The van der Waals surface area contributed by atoms with Crippen molar-refractivity contribution in [1.29, 1.82) is 0 Å². The van der Waals surface area contributed by atoms with Gasteiger partial charge in [-0.25, -0.2) is 9.97 Å². The van der Waals surface area contributed by atoms with Gasteiger partial charge in [0.15, 0.2) is 0 Å². The van der Waals surface area contributed by atoms with E-state index in [0.29, 0.717) is 42.2 Å². The van der Waals surface area contributed by atoms with Gasteiger partial charge in [0.25, 0.3) is 5.91 Å². The summed E-state index contributed by atoms with van der Waals surface area (Å²) >= 11 is 0. The number of aryl methyl sites for hydroxylation is 1. The number of nitrogens with zero attached hydrogens (tertiary/aromatic N) is 5. The van der Waals surface area contributed by atoms with Crippen molar-refractivity contribution in [3.05, 3.63) is 47.7 Å². The quantitative estimate of drug-likeness (QED) is 0.659. The summed E-state index contributed by atoms with van der Waals surface area (Å²) in [6.07, 6.45) is 8.14. The number of furan rings is 1. The number of ether oxygens (including phenoxy) is 1. The second-order valence-electron chi connectivity index (χ2n) is 7.81. The summed E-state index contributed by atoms with van der Waals surface area (Å²) in [5.74, 6) is 1.31. The minimum atomic E-state index is -0.0240. The number of amides is 1. The number of pyridine rings is 1. The second kappa shape index (κ2) is 8.02. The highest BCUT2D eigenvalue weighted by Crippen LogP contribution is 2.37. The van der Waals surface area contributed by atoms with E-state index in [4.69, 9.17) is 9.15 Å². The topological polar surface area (TPSA) is 84.6 Å². The molecule has 5 heterocycles. The van der Waals surface area contributed by atoms with Gasteiger partial charge in [0.2, 0.25) is 5.71 Å². The van der Waals surface area contributed by atoms with Crippen LogP contribution in [0.5, 0.6) is 0 Å². The van der Waals surface area contributed by atoms with Crippen molar-refractivity contribution in [3.63, 3.8) is 0 Å². The van der Waals surface area contributed by atoms with Gasteiger partial charge >= 0.3 is 0 Å². The molecule has 8 nitrogen and oxygen atoms in total. The predicted octanol–water partition coefficient (Wildman–Crippen LogP) is 3.13. The maximum Gasteiger partial charge on any atom is 0.258 e. The first-order valence-electron chi connectivity index (χ1n) is 10.5. The third-order valence-electron chi connectivity index (χ3n) is 6.00. The number of morpholine rings is 1. The predicted molar refractivity (Wildman–Crippen MR) is 111 cm³/mol. The number of carbonyl (C=O) groups excluding carboxylic acids is 1. The average Bonchev–Trinajstić information content (AvgIpc) is 3.15. The maximum absolute atomic E-state index is 13.9. The van der Waals surface area contributed by atoms with Crippen molar-refractivity contribution >= 4 is 22.8 Å². The van der Waals surface area contributed by atoms with Crippen LogP contribution in [0.15, 0.2) is 35.3 Å². The highest BCUT2D eigenvalue weighted by molar-refractivity contribution is 6.10. The first-order valence-corrected chi connectivity index (χ1v) is 10.5. The van der Waals surface area contributed by atoms with Crippen LogP contribution in [0.3, 0.4) is 0 Å². The molecule has 0 saturated carbocycles. The summed E-state index contributed by atoms with van der Waals surface area (Å²) in [4.78, 5) is 31.1. The maximum atomic E-state index is 13.9. The molecule has 30 heavy (non-hydrogen) atoms. The summed E-state index contributed by atoms with van der Waals surface area (Å²) in [5, 5.41) is 0.706. The fourth-order valence-corrected chi connectivity index (χ4v) is 4.54. The Morgan fingerprint density at radius 3 is 2.83 bits per heavy atom. The molecule has 156 valence electrons. The van der Waals surface area contributed by atoms with Crippen LogP contribution in [-0.2, 0) is 4.74 Å². The van der Waals surface area contributed by atoms with Gasteiger partial charge in [-0.15, -0.1) is 0 Å². The van der Waals surface area contributed by atoms with Crippen LogP contribution in [0.4, 0.5) is 5.82 Å². The molecule has 3 aromatic heterocycles. The van der Waals surface area contributed by atoms with Crippen LogP contribution in [0.1, 0.15) is 47.0 Å². The molecule has 5 rings (SSSR count). The molecule has 0 aliphatic carbocycles. The van der Waals surface area contributed by atoms with E-state index in [9.17, 15) is 4.79 Å². The van der Waals surface area contributed by atoms with Gasteiger partial charge in [0.1, 0.15) is 17.9 Å². The Kier molecular flexibility index (Phi) is 5.08. The molecule has 0 N–H and O–H groups in total. The first-order chi connectivity index (χ1) is 14.7. The van der Waals surface area contributed by atoms with Gasteiger partial charge in [-0.3, -0.25) is 9.78 Å². The Labute approximate surface area is 174 Å². The Morgan fingerprint density at radius 2 is 2.03 bits per heavy atom. The van der Waals surface area contributed by atoms with E-state index in [1.807, 2.05) is 30.2 Å². The first kappa shape index (κ1) is 19.0. The zero-order valence-corrected chi connectivity index (χ0v) is 17.1. The molecule has 1 unspecified atom stereocenters. The fourth-order valence-electron chi connectivity index (χ4n) is 4.54. The van der Waals surface area contributed by atoms with Crippen molar-refractivity contribution in [2.45, 2.75) is 32.2 Å². The van der Waals surface area contributed by atoms with Gasteiger partial charge in [-0.05, 0) is 37.8 Å². The van der Waals surface area contributed by atoms with Gasteiger partial charge in [0, 0.05) is 32.0 Å². The smallest absolute Gasteiger partial charge is 0.258 e. The van der Waals surface area contributed by atoms with E-state index >= 15 is 0 Å². The average molecular weight is 407 g/mol. The Bertz CT molecular complexity index is 1050. The third-order valence-corrected chi connectivity index (χ3v) is 6.00. The monoisotopic (exact) mass is 407 g/mol. The van der Waals surface area contributed by atoms with Gasteiger partial charge in [-0.1, -0.05) is 6.07 Å². The number of carbonyl (C=O) groups is 1. The Hall–Kier alpha value is -3.00. The molecule has 2 aliphatic heterocycles. The van der Waals surface area contributed by atoms with E-state index in [0.717, 1.165) is 43.7 Å². The minimum Gasteiger partial charge on any atom is -0.442 e. The molecule has 0 spiro atoms. The molecular weight excluding hydrogens is 382 g/mol. The summed E-state index contributed by atoms with van der Waals surface area (Å²) in [7, 11) is 0. The number of hydrogen-bond donors (Lipinski definition) is 0. The molecule has 2 saturated heterocycles. The lowest BCUT2D eigenvalue weighted by atomic mass is 9.95. The van der Waals surface area contributed by atoms with Gasteiger partial charge in [0.05, 0.1) is 30.2 Å². The second-order valence-corrected chi connectivity index (χ2v) is 7.81. The van der Waals surface area contributed by atoms with Crippen LogP contribution in [-0.4, -0.2) is 58.6 Å².